The van der Waals surface area contributed by atoms with Crippen molar-refractivity contribution in [2.45, 2.75) is 45.3 Å². The normalized spacial score (nSPS) is 14.4. The Morgan fingerprint density at radius 2 is 1.90 bits per heavy atom. The van der Waals surface area contributed by atoms with Gasteiger partial charge in [0.2, 0.25) is 0 Å². The molecule has 0 bridgehead atoms. The lowest BCUT2D eigenvalue weighted by molar-refractivity contribution is -0.160. The number of rotatable bonds is 4. The van der Waals surface area contributed by atoms with E-state index in [0.717, 1.165) is 5.56 Å². The van der Waals surface area contributed by atoms with Crippen molar-refractivity contribution >= 4 is 11.9 Å². The Hall–Kier alpha value is -1.88. The monoisotopic (exact) mass is 279 g/mol. The molecule has 5 nitrogen and oxygen atoms in total. The van der Waals surface area contributed by atoms with Gasteiger partial charge in [-0.3, -0.25) is 9.59 Å². The van der Waals surface area contributed by atoms with Crippen molar-refractivity contribution in [2.75, 3.05) is 0 Å². The predicted octanol–water partition coefficient (Wildman–Crippen LogP) is 1.83. The number of aryl methyl sites for hydroxylation is 1. The molecule has 5 heteroatoms. The van der Waals surface area contributed by atoms with Crippen LogP contribution in [0.4, 0.5) is 0 Å². The van der Waals surface area contributed by atoms with Gasteiger partial charge in [0.25, 0.3) is 0 Å². The molecule has 0 aliphatic carbocycles. The number of benzene rings is 1. The van der Waals surface area contributed by atoms with Crippen LogP contribution in [0.2, 0.25) is 0 Å². The minimum atomic E-state index is -1.34. The summed E-state index contributed by atoms with van der Waals surface area (Å²) < 4.78 is 5.28. The van der Waals surface area contributed by atoms with Crippen molar-refractivity contribution < 1.29 is 19.4 Å². The van der Waals surface area contributed by atoms with Crippen LogP contribution in [-0.2, 0) is 14.3 Å². The zero-order chi connectivity index (χ0) is 15.5. The molecule has 0 saturated carbocycles. The van der Waals surface area contributed by atoms with E-state index in [9.17, 15) is 9.59 Å². The summed E-state index contributed by atoms with van der Waals surface area (Å²) in [6.45, 7) is 7.04. The first-order valence-corrected chi connectivity index (χ1v) is 6.39. The minimum Gasteiger partial charge on any atom is -0.480 e. The van der Waals surface area contributed by atoms with Gasteiger partial charge in [0.1, 0.15) is 17.6 Å². The lowest BCUT2D eigenvalue weighted by Gasteiger charge is -2.26. The number of hydrogen-bond donors (Lipinski definition) is 2. The van der Waals surface area contributed by atoms with E-state index in [1.165, 1.54) is 0 Å². The Bertz CT molecular complexity index is 505. The summed E-state index contributed by atoms with van der Waals surface area (Å²) >= 11 is 0. The largest absolute Gasteiger partial charge is 0.480 e. The SMILES string of the molecule is Cc1cccc(C(C(=O)OC(C)(C)C)C(N)C(=O)O)c1. The Labute approximate surface area is 118 Å². The highest BCUT2D eigenvalue weighted by atomic mass is 16.6. The molecule has 0 saturated heterocycles. The highest BCUT2D eigenvalue weighted by Gasteiger charge is 2.35. The summed E-state index contributed by atoms with van der Waals surface area (Å²) in [5.41, 5.74) is 6.44. The summed E-state index contributed by atoms with van der Waals surface area (Å²) in [5, 5.41) is 9.10. The lowest BCUT2D eigenvalue weighted by Crippen LogP contribution is -2.42. The molecule has 20 heavy (non-hydrogen) atoms. The number of carbonyl (C=O) groups excluding carboxylic acids is 1. The van der Waals surface area contributed by atoms with Gasteiger partial charge in [0.05, 0.1) is 0 Å². The van der Waals surface area contributed by atoms with Crippen LogP contribution in [0.5, 0.6) is 0 Å². The molecule has 0 amide bonds. The summed E-state index contributed by atoms with van der Waals surface area (Å²) in [7, 11) is 0. The van der Waals surface area contributed by atoms with Crippen LogP contribution in [0.25, 0.3) is 0 Å². The number of carboxylic acid groups (broad SMARTS) is 1. The maximum atomic E-state index is 12.3. The quantitative estimate of drug-likeness (QED) is 0.821. The van der Waals surface area contributed by atoms with Gasteiger partial charge in [0.15, 0.2) is 0 Å². The molecule has 2 unspecified atom stereocenters. The van der Waals surface area contributed by atoms with Crippen LogP contribution in [0.15, 0.2) is 24.3 Å². The molecule has 110 valence electrons. The fourth-order valence-electron chi connectivity index (χ4n) is 1.86. The van der Waals surface area contributed by atoms with Gasteiger partial charge in [-0.05, 0) is 33.3 Å². The van der Waals surface area contributed by atoms with Crippen LogP contribution in [0, 0.1) is 6.92 Å². The van der Waals surface area contributed by atoms with Crippen molar-refractivity contribution in [3.05, 3.63) is 35.4 Å². The van der Waals surface area contributed by atoms with Gasteiger partial charge in [-0.1, -0.05) is 29.8 Å². The number of aliphatic carboxylic acids is 1. The van der Waals surface area contributed by atoms with E-state index in [4.69, 9.17) is 15.6 Å². The summed E-state index contributed by atoms with van der Waals surface area (Å²) in [6.07, 6.45) is 0. The van der Waals surface area contributed by atoms with Crippen LogP contribution >= 0.6 is 0 Å². The second-order valence-electron chi connectivity index (χ2n) is 5.79. The molecule has 1 rings (SSSR count). The van der Waals surface area contributed by atoms with Crippen molar-refractivity contribution in [3.8, 4) is 0 Å². The first kappa shape index (κ1) is 16.2. The number of ether oxygens (including phenoxy) is 1. The van der Waals surface area contributed by atoms with Crippen molar-refractivity contribution in [1.82, 2.24) is 0 Å². The Morgan fingerprint density at radius 1 is 1.30 bits per heavy atom. The molecule has 0 aliphatic rings. The molecule has 3 N–H and O–H groups in total. The van der Waals surface area contributed by atoms with Gasteiger partial charge in [-0.2, -0.15) is 0 Å². The number of hydrogen-bond acceptors (Lipinski definition) is 4. The first-order chi connectivity index (χ1) is 9.11. The van der Waals surface area contributed by atoms with Crippen LogP contribution in [0.3, 0.4) is 0 Å². The molecular formula is C15H21NO4. The second-order valence-corrected chi connectivity index (χ2v) is 5.79. The fraction of sp³-hybridized carbons (Fsp3) is 0.467. The van der Waals surface area contributed by atoms with Crippen molar-refractivity contribution in [1.29, 1.82) is 0 Å². The lowest BCUT2D eigenvalue weighted by atomic mass is 9.90. The van der Waals surface area contributed by atoms with E-state index >= 15 is 0 Å². The molecule has 0 radical (unpaired) electrons. The second kappa shape index (κ2) is 6.05. The third-order valence-corrected chi connectivity index (χ3v) is 2.71. The molecule has 0 heterocycles. The standard InChI is InChI=1S/C15H21NO4/c1-9-6-5-7-10(8-9)11(12(16)13(17)18)14(19)20-15(2,3)4/h5-8,11-12H,16H2,1-4H3,(H,17,18). The number of esters is 1. The molecule has 1 aromatic rings. The fourth-order valence-corrected chi connectivity index (χ4v) is 1.86. The topological polar surface area (TPSA) is 89.6 Å². The van der Waals surface area contributed by atoms with E-state index in [2.05, 4.69) is 0 Å². The molecular weight excluding hydrogens is 258 g/mol. The van der Waals surface area contributed by atoms with Crippen LogP contribution in [0.1, 0.15) is 37.8 Å². The maximum absolute atomic E-state index is 12.3. The summed E-state index contributed by atoms with van der Waals surface area (Å²) in [5.74, 6) is -2.88. The highest BCUT2D eigenvalue weighted by Crippen LogP contribution is 2.24. The molecule has 2 atom stereocenters. The van der Waals surface area contributed by atoms with Crippen LogP contribution < -0.4 is 5.73 Å². The Morgan fingerprint density at radius 3 is 2.35 bits per heavy atom. The maximum Gasteiger partial charge on any atom is 0.321 e. The average molecular weight is 279 g/mol. The molecule has 0 fully saturated rings. The zero-order valence-electron chi connectivity index (χ0n) is 12.2. The van der Waals surface area contributed by atoms with E-state index in [1.807, 2.05) is 13.0 Å². The van der Waals surface area contributed by atoms with E-state index in [1.54, 1.807) is 39.0 Å². The molecule has 1 aromatic carbocycles. The molecule has 0 aromatic heterocycles. The third-order valence-electron chi connectivity index (χ3n) is 2.71. The van der Waals surface area contributed by atoms with Gasteiger partial charge in [-0.25, -0.2) is 0 Å². The van der Waals surface area contributed by atoms with E-state index in [-0.39, 0.29) is 0 Å². The van der Waals surface area contributed by atoms with E-state index < -0.39 is 29.5 Å². The third kappa shape index (κ3) is 4.35. The van der Waals surface area contributed by atoms with Crippen molar-refractivity contribution in [3.63, 3.8) is 0 Å². The van der Waals surface area contributed by atoms with Crippen LogP contribution in [-0.4, -0.2) is 28.7 Å². The number of carbonyl (C=O) groups is 2. The average Bonchev–Trinajstić information content (AvgIpc) is 2.26. The van der Waals surface area contributed by atoms with Gasteiger partial charge in [-0.15, -0.1) is 0 Å². The van der Waals surface area contributed by atoms with Crippen molar-refractivity contribution in [2.24, 2.45) is 5.73 Å². The smallest absolute Gasteiger partial charge is 0.321 e. The summed E-state index contributed by atoms with van der Waals surface area (Å²) in [6, 6.07) is 5.71. The first-order valence-electron chi connectivity index (χ1n) is 6.39. The van der Waals surface area contributed by atoms with E-state index in [0.29, 0.717) is 5.56 Å². The minimum absolute atomic E-state index is 0.550. The molecule has 0 aliphatic heterocycles. The van der Waals surface area contributed by atoms with Gasteiger partial charge >= 0.3 is 11.9 Å². The number of carboxylic acids is 1. The van der Waals surface area contributed by atoms with Gasteiger partial charge < -0.3 is 15.6 Å². The zero-order valence-corrected chi connectivity index (χ0v) is 12.2. The Balaban J connectivity index is 3.15. The number of nitrogens with two attached hydrogens (primary N) is 1. The molecule has 0 spiro atoms. The van der Waals surface area contributed by atoms with Gasteiger partial charge in [0, 0.05) is 0 Å². The predicted molar refractivity (Wildman–Crippen MR) is 75.4 cm³/mol. The Kier molecular flexibility index (Phi) is 4.89. The summed E-state index contributed by atoms with van der Waals surface area (Å²) in [4.78, 5) is 23.4. The highest BCUT2D eigenvalue weighted by molar-refractivity contribution is 5.87.